The number of furan rings is 1. The average molecular weight is 248 g/mol. The Hall–Kier alpha value is -1.68. The standard InChI is InChI=1S/C13H12O3S/c1-15-13(14)12-7-10(17-2)3-4-11(12)9-5-6-16-8-9/h3-8H,1-2H3. The molecule has 2 rings (SSSR count). The SMILES string of the molecule is COC(=O)c1cc(SC)ccc1-c1ccoc1. The summed E-state index contributed by atoms with van der Waals surface area (Å²) in [5, 5.41) is 0. The number of rotatable bonds is 3. The van der Waals surface area contributed by atoms with Crippen LogP contribution in [0.1, 0.15) is 10.4 Å². The van der Waals surface area contributed by atoms with Gasteiger partial charge in [-0.1, -0.05) is 6.07 Å². The summed E-state index contributed by atoms with van der Waals surface area (Å²) in [5.41, 5.74) is 2.25. The quantitative estimate of drug-likeness (QED) is 0.616. The first-order chi connectivity index (χ1) is 8.26. The highest BCUT2D eigenvalue weighted by molar-refractivity contribution is 7.98. The third kappa shape index (κ3) is 2.36. The van der Waals surface area contributed by atoms with E-state index < -0.39 is 0 Å². The number of carbonyl (C=O) groups is 1. The van der Waals surface area contributed by atoms with Crippen molar-refractivity contribution in [3.8, 4) is 11.1 Å². The molecule has 0 fully saturated rings. The summed E-state index contributed by atoms with van der Waals surface area (Å²) in [5.74, 6) is -0.336. The molecule has 0 radical (unpaired) electrons. The second-order valence-corrected chi connectivity index (χ2v) is 4.29. The number of hydrogen-bond donors (Lipinski definition) is 0. The molecule has 0 aliphatic heterocycles. The molecule has 4 heteroatoms. The first-order valence-electron chi connectivity index (χ1n) is 5.05. The smallest absolute Gasteiger partial charge is 0.338 e. The van der Waals surface area contributed by atoms with Gasteiger partial charge in [0.2, 0.25) is 0 Å². The minimum atomic E-state index is -0.336. The van der Waals surface area contributed by atoms with Gasteiger partial charge in [-0.15, -0.1) is 11.8 Å². The van der Waals surface area contributed by atoms with E-state index in [0.717, 1.165) is 16.0 Å². The van der Waals surface area contributed by atoms with Crippen molar-refractivity contribution in [3.05, 3.63) is 42.4 Å². The molecule has 88 valence electrons. The third-order valence-electron chi connectivity index (χ3n) is 2.46. The molecule has 3 nitrogen and oxygen atoms in total. The van der Waals surface area contributed by atoms with Crippen molar-refractivity contribution in [1.29, 1.82) is 0 Å². The predicted molar refractivity (Wildman–Crippen MR) is 67.3 cm³/mol. The summed E-state index contributed by atoms with van der Waals surface area (Å²) in [6, 6.07) is 7.53. The zero-order valence-corrected chi connectivity index (χ0v) is 10.4. The van der Waals surface area contributed by atoms with Crippen LogP contribution in [0.15, 0.2) is 46.1 Å². The second-order valence-electron chi connectivity index (χ2n) is 3.42. The Morgan fingerprint density at radius 3 is 2.76 bits per heavy atom. The number of hydrogen-bond acceptors (Lipinski definition) is 4. The highest BCUT2D eigenvalue weighted by atomic mass is 32.2. The van der Waals surface area contributed by atoms with Crippen molar-refractivity contribution in [1.82, 2.24) is 0 Å². The van der Waals surface area contributed by atoms with Crippen molar-refractivity contribution < 1.29 is 13.9 Å². The van der Waals surface area contributed by atoms with Crippen molar-refractivity contribution in [2.45, 2.75) is 4.90 Å². The highest BCUT2D eigenvalue weighted by Gasteiger charge is 2.14. The molecule has 0 amide bonds. The first-order valence-corrected chi connectivity index (χ1v) is 6.27. The van der Waals surface area contributed by atoms with Crippen LogP contribution in [-0.4, -0.2) is 19.3 Å². The molecule has 0 spiro atoms. The summed E-state index contributed by atoms with van der Waals surface area (Å²) in [7, 11) is 1.38. The molecule has 2 aromatic rings. The number of thioether (sulfide) groups is 1. The maximum absolute atomic E-state index is 11.7. The van der Waals surface area contributed by atoms with E-state index in [0.29, 0.717) is 5.56 Å². The van der Waals surface area contributed by atoms with Gasteiger partial charge in [0.05, 0.1) is 25.2 Å². The van der Waals surface area contributed by atoms with Gasteiger partial charge in [0.1, 0.15) is 0 Å². The molecule has 0 aliphatic carbocycles. The minimum absolute atomic E-state index is 0.336. The zero-order valence-electron chi connectivity index (χ0n) is 9.60. The lowest BCUT2D eigenvalue weighted by Gasteiger charge is -2.07. The molecule has 0 saturated carbocycles. The molecule has 0 atom stereocenters. The van der Waals surface area contributed by atoms with E-state index in [-0.39, 0.29) is 5.97 Å². The van der Waals surface area contributed by atoms with E-state index >= 15 is 0 Å². The van der Waals surface area contributed by atoms with Gasteiger partial charge >= 0.3 is 5.97 Å². The molecule has 0 saturated heterocycles. The predicted octanol–water partition coefficient (Wildman–Crippen LogP) is 3.46. The molecular weight excluding hydrogens is 236 g/mol. The van der Waals surface area contributed by atoms with Crippen LogP contribution in [0.4, 0.5) is 0 Å². The second kappa shape index (κ2) is 5.10. The third-order valence-corrected chi connectivity index (χ3v) is 3.19. The highest BCUT2D eigenvalue weighted by Crippen LogP contribution is 2.28. The van der Waals surface area contributed by atoms with Crippen LogP contribution in [0.2, 0.25) is 0 Å². The lowest BCUT2D eigenvalue weighted by molar-refractivity contribution is 0.0601. The fourth-order valence-corrected chi connectivity index (χ4v) is 2.04. The minimum Gasteiger partial charge on any atom is -0.472 e. The molecule has 0 bridgehead atoms. The molecule has 17 heavy (non-hydrogen) atoms. The van der Waals surface area contributed by atoms with Gasteiger partial charge in [-0.3, -0.25) is 0 Å². The van der Waals surface area contributed by atoms with Crippen LogP contribution in [-0.2, 0) is 4.74 Å². The average Bonchev–Trinajstić information content (AvgIpc) is 2.90. The van der Waals surface area contributed by atoms with Crippen molar-refractivity contribution >= 4 is 17.7 Å². The first kappa shape index (κ1) is 11.8. The Morgan fingerprint density at radius 1 is 1.35 bits per heavy atom. The summed E-state index contributed by atoms with van der Waals surface area (Å²) < 4.78 is 9.83. The molecule has 0 N–H and O–H groups in total. The Balaban J connectivity index is 2.55. The maximum atomic E-state index is 11.7. The number of benzene rings is 1. The van der Waals surface area contributed by atoms with Crippen molar-refractivity contribution in [3.63, 3.8) is 0 Å². The molecular formula is C13H12O3S. The number of carbonyl (C=O) groups excluding carboxylic acids is 1. The molecule has 1 heterocycles. The largest absolute Gasteiger partial charge is 0.472 e. The van der Waals surface area contributed by atoms with Gasteiger partial charge in [0, 0.05) is 10.5 Å². The van der Waals surface area contributed by atoms with Crippen LogP contribution < -0.4 is 0 Å². The maximum Gasteiger partial charge on any atom is 0.338 e. The molecule has 0 aliphatic rings. The van der Waals surface area contributed by atoms with Gasteiger partial charge in [0.25, 0.3) is 0 Å². The molecule has 0 unspecified atom stereocenters. The number of esters is 1. The van der Waals surface area contributed by atoms with Crippen molar-refractivity contribution in [2.75, 3.05) is 13.4 Å². The normalized spacial score (nSPS) is 10.2. The summed E-state index contributed by atoms with van der Waals surface area (Å²) in [6.07, 6.45) is 5.16. The fourth-order valence-electron chi connectivity index (χ4n) is 1.60. The Kier molecular flexibility index (Phi) is 3.54. The molecule has 1 aromatic heterocycles. The number of methoxy groups -OCH3 is 1. The Labute approximate surface area is 104 Å². The fraction of sp³-hybridized carbons (Fsp3) is 0.154. The topological polar surface area (TPSA) is 39.4 Å². The van der Waals surface area contributed by atoms with E-state index in [4.69, 9.17) is 9.15 Å². The summed E-state index contributed by atoms with van der Waals surface area (Å²) in [6.45, 7) is 0. The van der Waals surface area contributed by atoms with E-state index in [1.807, 2.05) is 30.5 Å². The van der Waals surface area contributed by atoms with Crippen LogP contribution >= 0.6 is 11.8 Å². The lowest BCUT2D eigenvalue weighted by Crippen LogP contribution is -2.03. The van der Waals surface area contributed by atoms with Gasteiger partial charge in [-0.05, 0) is 30.0 Å². The van der Waals surface area contributed by atoms with E-state index in [2.05, 4.69) is 0 Å². The monoisotopic (exact) mass is 248 g/mol. The molecule has 1 aromatic carbocycles. The zero-order chi connectivity index (χ0) is 12.3. The van der Waals surface area contributed by atoms with Gasteiger partial charge in [-0.25, -0.2) is 4.79 Å². The van der Waals surface area contributed by atoms with Crippen molar-refractivity contribution in [2.24, 2.45) is 0 Å². The Morgan fingerprint density at radius 2 is 2.18 bits per heavy atom. The lowest BCUT2D eigenvalue weighted by atomic mass is 10.0. The van der Waals surface area contributed by atoms with Crippen LogP contribution in [0.25, 0.3) is 11.1 Å². The van der Waals surface area contributed by atoms with Gasteiger partial charge in [0.15, 0.2) is 0 Å². The summed E-state index contributed by atoms with van der Waals surface area (Å²) in [4.78, 5) is 12.8. The van der Waals surface area contributed by atoms with Crippen LogP contribution in [0.5, 0.6) is 0 Å². The van der Waals surface area contributed by atoms with Gasteiger partial charge < -0.3 is 9.15 Å². The Bertz CT molecular complexity index is 517. The van der Waals surface area contributed by atoms with Crippen LogP contribution in [0, 0.1) is 0 Å². The van der Waals surface area contributed by atoms with Crippen LogP contribution in [0.3, 0.4) is 0 Å². The summed E-state index contributed by atoms with van der Waals surface area (Å²) >= 11 is 1.59. The number of ether oxygens (including phenoxy) is 1. The van der Waals surface area contributed by atoms with Gasteiger partial charge in [-0.2, -0.15) is 0 Å². The van der Waals surface area contributed by atoms with E-state index in [1.165, 1.54) is 7.11 Å². The van der Waals surface area contributed by atoms with E-state index in [9.17, 15) is 4.79 Å². The van der Waals surface area contributed by atoms with E-state index in [1.54, 1.807) is 24.3 Å².